The Kier molecular flexibility index (Phi) is 5.21. The Morgan fingerprint density at radius 3 is 1.70 bits per heavy atom. The smallest absolute Gasteiger partial charge is 0.0757 e. The first kappa shape index (κ1) is 16.7. The quantitative estimate of drug-likeness (QED) is 0.395. The molecule has 0 amide bonds. The van der Waals surface area contributed by atoms with Gasteiger partial charge in [-0.3, -0.25) is 0 Å². The van der Waals surface area contributed by atoms with Crippen LogP contribution in [0, 0.1) is 34.6 Å². The third-order valence-electron chi connectivity index (χ3n) is 4.27. The van der Waals surface area contributed by atoms with Crippen LogP contribution >= 0.6 is 59.1 Å². The zero-order valence-corrected chi connectivity index (χ0v) is 17.8. The summed E-state index contributed by atoms with van der Waals surface area (Å²) in [4.78, 5) is 0.220. The number of halogens is 3. The Morgan fingerprint density at radius 2 is 1.30 bits per heavy atom. The van der Waals surface area contributed by atoms with Crippen molar-refractivity contribution in [2.75, 3.05) is 0 Å². The number of hydrogen-bond acceptors (Lipinski definition) is 1. The van der Waals surface area contributed by atoms with Crippen LogP contribution in [0.1, 0.15) is 43.8 Å². The summed E-state index contributed by atoms with van der Waals surface area (Å²) in [5.41, 5.74) is 9.68. The monoisotopic (exact) mass is 478 g/mol. The molecule has 1 unspecified atom stereocenters. The SMILES string of the molecule is Cc1c(C)c(C)c(C(Br)c2cc(Br)sc2Br)c(C)c1C. The van der Waals surface area contributed by atoms with Gasteiger partial charge in [0.15, 0.2) is 0 Å². The van der Waals surface area contributed by atoms with Crippen LogP contribution in [0.25, 0.3) is 0 Å². The lowest BCUT2D eigenvalue weighted by molar-refractivity contribution is 1.06. The van der Waals surface area contributed by atoms with Gasteiger partial charge < -0.3 is 0 Å². The maximum atomic E-state index is 3.91. The lowest BCUT2D eigenvalue weighted by Gasteiger charge is -2.22. The molecular weight excluding hydrogens is 464 g/mol. The average molecular weight is 481 g/mol. The van der Waals surface area contributed by atoms with Gasteiger partial charge in [-0.2, -0.15) is 0 Å². The number of benzene rings is 1. The molecule has 2 aromatic rings. The molecular formula is C16H17Br3S. The largest absolute Gasteiger partial charge is 0.121 e. The van der Waals surface area contributed by atoms with E-state index in [2.05, 4.69) is 88.5 Å². The van der Waals surface area contributed by atoms with Crippen LogP contribution < -0.4 is 0 Å². The third kappa shape index (κ3) is 2.81. The van der Waals surface area contributed by atoms with Crippen LogP contribution in [-0.4, -0.2) is 0 Å². The lowest BCUT2D eigenvalue weighted by Crippen LogP contribution is -2.05. The second-order valence-electron chi connectivity index (χ2n) is 5.18. The fourth-order valence-corrected chi connectivity index (χ4v) is 7.00. The minimum atomic E-state index is 0.220. The van der Waals surface area contributed by atoms with Crippen LogP contribution in [0.3, 0.4) is 0 Å². The third-order valence-corrected chi connectivity index (χ3v) is 7.60. The van der Waals surface area contributed by atoms with E-state index >= 15 is 0 Å². The Bertz CT molecular complexity index is 642. The van der Waals surface area contributed by atoms with Gasteiger partial charge in [-0.15, -0.1) is 11.3 Å². The summed E-state index contributed by atoms with van der Waals surface area (Å²) in [6, 6.07) is 2.19. The molecule has 0 aliphatic carbocycles. The van der Waals surface area contributed by atoms with E-state index in [1.54, 1.807) is 11.3 Å². The summed E-state index contributed by atoms with van der Waals surface area (Å²) in [5, 5.41) is 0. The van der Waals surface area contributed by atoms with Crippen molar-refractivity contribution in [1.82, 2.24) is 0 Å². The van der Waals surface area contributed by atoms with Crippen molar-refractivity contribution in [3.05, 3.63) is 52.6 Å². The van der Waals surface area contributed by atoms with Gasteiger partial charge in [0.2, 0.25) is 0 Å². The van der Waals surface area contributed by atoms with E-state index in [0.29, 0.717) is 0 Å². The van der Waals surface area contributed by atoms with Crippen LogP contribution in [0.5, 0.6) is 0 Å². The minimum Gasteiger partial charge on any atom is -0.121 e. The molecule has 0 nitrogen and oxygen atoms in total. The van der Waals surface area contributed by atoms with Crippen molar-refractivity contribution in [2.45, 2.75) is 39.4 Å². The molecule has 0 bridgehead atoms. The fraction of sp³-hybridized carbons (Fsp3) is 0.375. The molecule has 1 atom stereocenters. The standard InChI is InChI=1S/C16H17Br3S/c1-7-8(2)10(4)14(11(5)9(7)3)15(18)12-6-13(17)20-16(12)19/h6,15H,1-5H3. The van der Waals surface area contributed by atoms with E-state index < -0.39 is 0 Å². The van der Waals surface area contributed by atoms with Crippen molar-refractivity contribution >= 4 is 59.1 Å². The minimum absolute atomic E-state index is 0.220. The Labute approximate surface area is 150 Å². The predicted octanol–water partition coefficient (Wildman–Crippen LogP) is 7.30. The predicted molar refractivity (Wildman–Crippen MR) is 101 cm³/mol. The van der Waals surface area contributed by atoms with Crippen molar-refractivity contribution in [3.63, 3.8) is 0 Å². The zero-order chi connectivity index (χ0) is 15.2. The molecule has 0 fully saturated rings. The molecule has 0 N–H and O–H groups in total. The number of thiophene rings is 1. The highest BCUT2D eigenvalue weighted by Gasteiger charge is 2.22. The maximum absolute atomic E-state index is 3.91. The van der Waals surface area contributed by atoms with E-state index in [1.807, 2.05) is 0 Å². The molecule has 4 heteroatoms. The fourth-order valence-electron chi connectivity index (χ4n) is 2.59. The Morgan fingerprint density at radius 1 is 0.850 bits per heavy atom. The highest BCUT2D eigenvalue weighted by Crippen LogP contribution is 2.45. The summed E-state index contributed by atoms with van der Waals surface area (Å²) in [7, 11) is 0. The molecule has 20 heavy (non-hydrogen) atoms. The highest BCUT2D eigenvalue weighted by molar-refractivity contribution is 9.12. The summed E-state index contributed by atoms with van der Waals surface area (Å²) < 4.78 is 2.33. The highest BCUT2D eigenvalue weighted by atomic mass is 79.9. The molecule has 0 saturated heterocycles. The van der Waals surface area contributed by atoms with Gasteiger partial charge in [-0.05, 0) is 111 Å². The second-order valence-corrected chi connectivity index (χ2v) is 9.85. The summed E-state index contributed by atoms with van der Waals surface area (Å²) in [6.45, 7) is 11.1. The van der Waals surface area contributed by atoms with Gasteiger partial charge >= 0.3 is 0 Å². The van der Waals surface area contributed by atoms with E-state index in [0.717, 1.165) is 3.79 Å². The summed E-state index contributed by atoms with van der Waals surface area (Å²) >= 11 is 12.9. The Hall–Kier alpha value is 0.360. The van der Waals surface area contributed by atoms with E-state index in [4.69, 9.17) is 0 Å². The van der Waals surface area contributed by atoms with Crippen LogP contribution in [0.2, 0.25) is 0 Å². The van der Waals surface area contributed by atoms with Gasteiger partial charge in [0.25, 0.3) is 0 Å². The van der Waals surface area contributed by atoms with Gasteiger partial charge in [0.05, 0.1) is 12.4 Å². The van der Waals surface area contributed by atoms with Gasteiger partial charge in [-0.25, -0.2) is 0 Å². The molecule has 0 saturated carbocycles. The summed E-state index contributed by atoms with van der Waals surface area (Å²) in [5.74, 6) is 0. The molecule has 1 heterocycles. The van der Waals surface area contributed by atoms with Crippen LogP contribution in [0.4, 0.5) is 0 Å². The maximum Gasteiger partial charge on any atom is 0.0757 e. The number of rotatable bonds is 2. The van der Waals surface area contributed by atoms with Crippen molar-refractivity contribution in [2.24, 2.45) is 0 Å². The van der Waals surface area contributed by atoms with E-state index in [-0.39, 0.29) is 4.83 Å². The molecule has 0 spiro atoms. The van der Waals surface area contributed by atoms with E-state index in [9.17, 15) is 0 Å². The zero-order valence-electron chi connectivity index (χ0n) is 12.2. The number of hydrogen-bond donors (Lipinski definition) is 0. The van der Waals surface area contributed by atoms with Gasteiger partial charge in [0, 0.05) is 0 Å². The van der Waals surface area contributed by atoms with Crippen LogP contribution in [0.15, 0.2) is 13.6 Å². The lowest BCUT2D eigenvalue weighted by atomic mass is 9.87. The molecule has 0 radical (unpaired) electrons. The first-order valence-electron chi connectivity index (χ1n) is 6.41. The molecule has 1 aromatic heterocycles. The summed E-state index contributed by atoms with van der Waals surface area (Å²) in [6.07, 6.45) is 0. The van der Waals surface area contributed by atoms with E-state index in [1.165, 1.54) is 42.7 Å². The molecule has 2 rings (SSSR count). The second kappa shape index (κ2) is 6.23. The molecule has 0 aliphatic heterocycles. The Balaban J connectivity index is 2.67. The van der Waals surface area contributed by atoms with Crippen molar-refractivity contribution in [3.8, 4) is 0 Å². The van der Waals surface area contributed by atoms with Gasteiger partial charge in [-0.1, -0.05) is 15.9 Å². The first-order valence-corrected chi connectivity index (χ1v) is 9.73. The van der Waals surface area contributed by atoms with Gasteiger partial charge in [0.1, 0.15) is 0 Å². The average Bonchev–Trinajstić information content (AvgIpc) is 2.73. The molecule has 108 valence electrons. The topological polar surface area (TPSA) is 0 Å². The first-order chi connectivity index (χ1) is 9.25. The van der Waals surface area contributed by atoms with Crippen LogP contribution in [-0.2, 0) is 0 Å². The molecule has 0 aliphatic rings. The number of alkyl halides is 1. The van der Waals surface area contributed by atoms with Crippen molar-refractivity contribution in [1.29, 1.82) is 0 Å². The van der Waals surface area contributed by atoms with Crippen molar-refractivity contribution < 1.29 is 0 Å². The normalized spacial score (nSPS) is 12.8. The molecule has 1 aromatic carbocycles.